The van der Waals surface area contributed by atoms with Crippen LogP contribution >= 0.6 is 0 Å². The largest absolute Gasteiger partial charge is 0.381 e. The van der Waals surface area contributed by atoms with Gasteiger partial charge in [0.1, 0.15) is 5.52 Å². The molecule has 1 heterocycles. The van der Waals surface area contributed by atoms with Crippen LogP contribution in [0, 0.1) is 10.1 Å². The number of nitro groups is 1. The number of anilines is 1. The standard InChI is InChI=1S/C13H14N4O2/c14-7-1-2-8-15-11-5-6-12(17(18)19)13-10(11)4-3-9-16-13/h1-6,9,15H,7-8,14H2/b2-1+. The van der Waals surface area contributed by atoms with Gasteiger partial charge in [-0.2, -0.15) is 0 Å². The topological polar surface area (TPSA) is 94.1 Å². The number of non-ortho nitro benzene ring substituents is 1. The van der Waals surface area contributed by atoms with Crippen LogP contribution in [0.1, 0.15) is 0 Å². The van der Waals surface area contributed by atoms with Crippen molar-refractivity contribution in [3.8, 4) is 0 Å². The Labute approximate surface area is 110 Å². The Bertz CT molecular complexity index is 625. The summed E-state index contributed by atoms with van der Waals surface area (Å²) in [6.45, 7) is 1.10. The van der Waals surface area contributed by atoms with Gasteiger partial charge in [0, 0.05) is 36.4 Å². The van der Waals surface area contributed by atoms with Crippen molar-refractivity contribution in [1.82, 2.24) is 4.98 Å². The summed E-state index contributed by atoms with van der Waals surface area (Å²) in [6, 6.07) is 6.72. The lowest BCUT2D eigenvalue weighted by molar-refractivity contribution is -0.383. The van der Waals surface area contributed by atoms with Gasteiger partial charge in [0.2, 0.25) is 0 Å². The smallest absolute Gasteiger partial charge is 0.295 e. The maximum absolute atomic E-state index is 10.9. The van der Waals surface area contributed by atoms with E-state index in [-0.39, 0.29) is 5.69 Å². The number of nitrogens with one attached hydrogen (secondary N) is 1. The molecule has 3 N–H and O–H groups in total. The van der Waals surface area contributed by atoms with E-state index in [0.29, 0.717) is 18.6 Å². The predicted molar refractivity (Wildman–Crippen MR) is 75.1 cm³/mol. The number of nitrogens with zero attached hydrogens (tertiary/aromatic N) is 2. The number of benzene rings is 1. The van der Waals surface area contributed by atoms with E-state index in [1.54, 1.807) is 18.3 Å². The van der Waals surface area contributed by atoms with Crippen molar-refractivity contribution >= 4 is 22.3 Å². The number of rotatable bonds is 5. The van der Waals surface area contributed by atoms with Crippen LogP contribution in [-0.4, -0.2) is 23.0 Å². The van der Waals surface area contributed by atoms with E-state index < -0.39 is 4.92 Å². The highest BCUT2D eigenvalue weighted by Crippen LogP contribution is 2.29. The molecule has 6 heteroatoms. The molecule has 0 saturated carbocycles. The minimum absolute atomic E-state index is 0.0126. The minimum Gasteiger partial charge on any atom is -0.381 e. The second-order valence-corrected chi connectivity index (χ2v) is 3.88. The summed E-state index contributed by atoms with van der Waals surface area (Å²) in [4.78, 5) is 14.6. The Morgan fingerprint density at radius 1 is 1.37 bits per heavy atom. The van der Waals surface area contributed by atoms with E-state index in [2.05, 4.69) is 10.3 Å². The third kappa shape index (κ3) is 2.86. The number of pyridine rings is 1. The predicted octanol–water partition coefficient (Wildman–Crippen LogP) is 2.07. The van der Waals surface area contributed by atoms with Crippen LogP contribution in [0.4, 0.5) is 11.4 Å². The molecule has 2 aromatic rings. The summed E-state index contributed by atoms with van der Waals surface area (Å²) in [5.41, 5.74) is 6.57. The number of nitrogens with two attached hydrogens (primary N) is 1. The van der Waals surface area contributed by atoms with E-state index >= 15 is 0 Å². The summed E-state index contributed by atoms with van der Waals surface area (Å²) in [6.07, 6.45) is 5.30. The van der Waals surface area contributed by atoms with Gasteiger partial charge in [-0.1, -0.05) is 12.2 Å². The number of fused-ring (bicyclic) bond motifs is 1. The zero-order valence-corrected chi connectivity index (χ0v) is 10.2. The molecule has 0 amide bonds. The maximum Gasteiger partial charge on any atom is 0.295 e. The second-order valence-electron chi connectivity index (χ2n) is 3.88. The lowest BCUT2D eigenvalue weighted by Crippen LogP contribution is -2.02. The van der Waals surface area contributed by atoms with Gasteiger partial charge >= 0.3 is 0 Å². The molecule has 0 aliphatic rings. The Morgan fingerprint density at radius 3 is 2.95 bits per heavy atom. The van der Waals surface area contributed by atoms with Gasteiger partial charge in [0.15, 0.2) is 0 Å². The minimum atomic E-state index is -0.423. The molecule has 0 spiro atoms. The third-order valence-corrected chi connectivity index (χ3v) is 2.66. The fraction of sp³-hybridized carbons (Fsp3) is 0.154. The number of hydrogen-bond acceptors (Lipinski definition) is 5. The van der Waals surface area contributed by atoms with Gasteiger partial charge in [0.25, 0.3) is 5.69 Å². The maximum atomic E-state index is 10.9. The first-order valence-electron chi connectivity index (χ1n) is 5.85. The van der Waals surface area contributed by atoms with Crippen molar-refractivity contribution in [3.63, 3.8) is 0 Å². The third-order valence-electron chi connectivity index (χ3n) is 2.66. The van der Waals surface area contributed by atoms with E-state index in [1.165, 1.54) is 6.07 Å². The van der Waals surface area contributed by atoms with Crippen LogP contribution in [0.25, 0.3) is 10.9 Å². The van der Waals surface area contributed by atoms with Crippen molar-refractivity contribution in [2.24, 2.45) is 5.73 Å². The summed E-state index contributed by atoms with van der Waals surface area (Å²) in [5, 5.41) is 14.9. The van der Waals surface area contributed by atoms with Gasteiger partial charge in [0.05, 0.1) is 4.92 Å². The highest BCUT2D eigenvalue weighted by atomic mass is 16.6. The van der Waals surface area contributed by atoms with Crippen LogP contribution in [0.3, 0.4) is 0 Å². The van der Waals surface area contributed by atoms with E-state index in [0.717, 1.165) is 11.1 Å². The molecule has 0 aliphatic carbocycles. The summed E-state index contributed by atoms with van der Waals surface area (Å²) < 4.78 is 0. The molecule has 1 aromatic carbocycles. The molecular formula is C13H14N4O2. The van der Waals surface area contributed by atoms with Crippen molar-refractivity contribution in [2.75, 3.05) is 18.4 Å². The van der Waals surface area contributed by atoms with Crippen LogP contribution in [-0.2, 0) is 0 Å². The summed E-state index contributed by atoms with van der Waals surface area (Å²) in [7, 11) is 0. The van der Waals surface area contributed by atoms with Gasteiger partial charge in [-0.25, -0.2) is 4.98 Å². The van der Waals surface area contributed by atoms with Crippen LogP contribution in [0.5, 0.6) is 0 Å². The highest BCUT2D eigenvalue weighted by Gasteiger charge is 2.14. The average molecular weight is 258 g/mol. The second kappa shape index (κ2) is 5.92. The average Bonchev–Trinajstić information content (AvgIpc) is 2.43. The zero-order chi connectivity index (χ0) is 13.7. The first-order chi connectivity index (χ1) is 9.24. The molecule has 0 aliphatic heterocycles. The SMILES string of the molecule is NC/C=C/CNc1ccc([N+](=O)[O-])c2ncccc12. The van der Waals surface area contributed by atoms with Gasteiger partial charge in [-0.05, 0) is 18.2 Å². The van der Waals surface area contributed by atoms with E-state index in [9.17, 15) is 10.1 Å². The molecule has 0 radical (unpaired) electrons. The summed E-state index contributed by atoms with van der Waals surface area (Å²) in [5.74, 6) is 0. The first-order valence-corrected chi connectivity index (χ1v) is 5.85. The van der Waals surface area contributed by atoms with Crippen LogP contribution < -0.4 is 11.1 Å². The summed E-state index contributed by atoms with van der Waals surface area (Å²) >= 11 is 0. The van der Waals surface area contributed by atoms with Crippen molar-refractivity contribution in [2.45, 2.75) is 0 Å². The van der Waals surface area contributed by atoms with Crippen LogP contribution in [0.15, 0.2) is 42.6 Å². The molecular weight excluding hydrogens is 244 g/mol. The Hall–Kier alpha value is -2.47. The van der Waals surface area contributed by atoms with Crippen LogP contribution in [0.2, 0.25) is 0 Å². The van der Waals surface area contributed by atoms with Crippen molar-refractivity contribution in [1.29, 1.82) is 0 Å². The van der Waals surface area contributed by atoms with Gasteiger partial charge in [-0.3, -0.25) is 10.1 Å². The zero-order valence-electron chi connectivity index (χ0n) is 10.2. The number of nitro benzene ring substituents is 1. The quantitative estimate of drug-likeness (QED) is 0.486. The molecule has 0 bridgehead atoms. The molecule has 0 atom stereocenters. The molecule has 98 valence electrons. The normalized spacial score (nSPS) is 11.0. The van der Waals surface area contributed by atoms with Crippen molar-refractivity contribution < 1.29 is 4.92 Å². The fourth-order valence-corrected chi connectivity index (χ4v) is 1.81. The molecule has 0 unspecified atom stereocenters. The first kappa shape index (κ1) is 13.0. The van der Waals surface area contributed by atoms with E-state index in [4.69, 9.17) is 5.73 Å². The molecule has 1 aromatic heterocycles. The van der Waals surface area contributed by atoms with Crippen molar-refractivity contribution in [3.05, 3.63) is 52.7 Å². The Balaban J connectivity index is 2.38. The number of aromatic nitrogens is 1. The lowest BCUT2D eigenvalue weighted by atomic mass is 10.1. The van der Waals surface area contributed by atoms with E-state index in [1.807, 2.05) is 18.2 Å². The van der Waals surface area contributed by atoms with Gasteiger partial charge < -0.3 is 11.1 Å². The lowest BCUT2D eigenvalue weighted by Gasteiger charge is -2.07. The Morgan fingerprint density at radius 2 is 2.21 bits per heavy atom. The number of hydrogen-bond donors (Lipinski definition) is 2. The molecule has 19 heavy (non-hydrogen) atoms. The van der Waals surface area contributed by atoms with Gasteiger partial charge in [-0.15, -0.1) is 0 Å². The molecule has 0 fully saturated rings. The monoisotopic (exact) mass is 258 g/mol. The Kier molecular flexibility index (Phi) is 4.04. The molecule has 2 rings (SSSR count). The highest BCUT2D eigenvalue weighted by molar-refractivity contribution is 5.96. The fourth-order valence-electron chi connectivity index (χ4n) is 1.81. The molecule has 0 saturated heterocycles. The molecule has 6 nitrogen and oxygen atoms in total.